The van der Waals surface area contributed by atoms with Crippen LogP contribution in [0.5, 0.6) is 0 Å². The van der Waals surface area contributed by atoms with Gasteiger partial charge in [0.15, 0.2) is 0 Å². The second-order valence-electron chi connectivity index (χ2n) is 5.18. The summed E-state index contributed by atoms with van der Waals surface area (Å²) in [5, 5.41) is 3.11. The van der Waals surface area contributed by atoms with Crippen molar-refractivity contribution in [3.05, 3.63) is 20.8 Å². The average molecular weight is 302 g/mol. The second kappa shape index (κ2) is 4.49. The third kappa shape index (κ3) is 2.86. The summed E-state index contributed by atoms with van der Waals surface area (Å²) in [6.07, 6.45) is 3.39. The van der Waals surface area contributed by atoms with E-state index in [2.05, 4.69) is 35.1 Å². The number of thiophene rings is 1. The minimum atomic E-state index is 0.0680. The van der Waals surface area contributed by atoms with E-state index in [1.54, 1.807) is 0 Å². The molecule has 1 N–H and O–H groups in total. The van der Waals surface area contributed by atoms with Crippen LogP contribution in [-0.2, 0) is 0 Å². The zero-order chi connectivity index (χ0) is 11.8. The van der Waals surface area contributed by atoms with Crippen molar-refractivity contribution in [2.24, 2.45) is 5.41 Å². The zero-order valence-electron chi connectivity index (χ0n) is 9.55. The van der Waals surface area contributed by atoms with Gasteiger partial charge in [-0.25, -0.2) is 0 Å². The Kier molecular flexibility index (Phi) is 3.40. The number of nitrogens with one attached hydrogen (secondary N) is 1. The molecular formula is C12H16BrNOS. The van der Waals surface area contributed by atoms with Crippen LogP contribution in [0.4, 0.5) is 0 Å². The number of amides is 1. The van der Waals surface area contributed by atoms with Gasteiger partial charge in [0.05, 0.1) is 8.66 Å². The monoisotopic (exact) mass is 301 g/mol. The quantitative estimate of drug-likeness (QED) is 0.884. The maximum absolute atomic E-state index is 11.9. The van der Waals surface area contributed by atoms with Gasteiger partial charge in [-0.3, -0.25) is 4.79 Å². The molecule has 1 atom stereocenters. The highest BCUT2D eigenvalue weighted by Gasteiger charge is 2.31. The smallest absolute Gasteiger partial charge is 0.261 e. The molecule has 1 aromatic rings. The fourth-order valence-electron chi connectivity index (χ4n) is 2.25. The molecule has 0 radical (unpaired) electrons. The van der Waals surface area contributed by atoms with Crippen molar-refractivity contribution in [2.75, 3.05) is 0 Å². The summed E-state index contributed by atoms with van der Waals surface area (Å²) < 4.78 is 1.00. The molecule has 1 heterocycles. The molecular weight excluding hydrogens is 286 g/mol. The van der Waals surface area contributed by atoms with Crippen LogP contribution in [0.3, 0.4) is 0 Å². The lowest BCUT2D eigenvalue weighted by molar-refractivity contribution is 0.0940. The lowest BCUT2D eigenvalue weighted by Gasteiger charge is -2.17. The second-order valence-corrected chi connectivity index (χ2v) is 7.64. The Morgan fingerprint density at radius 2 is 2.31 bits per heavy atom. The van der Waals surface area contributed by atoms with Gasteiger partial charge in [0, 0.05) is 6.04 Å². The normalized spacial score (nSPS) is 23.3. The molecule has 1 fully saturated rings. The Labute approximate surface area is 109 Å². The van der Waals surface area contributed by atoms with Crippen LogP contribution >= 0.6 is 27.3 Å². The largest absolute Gasteiger partial charge is 0.349 e. The van der Waals surface area contributed by atoms with E-state index >= 15 is 0 Å². The number of carbonyl (C=O) groups excluding carboxylic acids is 1. The number of hydrogen-bond acceptors (Lipinski definition) is 2. The van der Waals surface area contributed by atoms with Gasteiger partial charge in [0.25, 0.3) is 5.91 Å². The highest BCUT2D eigenvalue weighted by Crippen LogP contribution is 2.37. The van der Waals surface area contributed by atoms with Gasteiger partial charge in [-0.15, -0.1) is 11.3 Å². The topological polar surface area (TPSA) is 29.1 Å². The van der Waals surface area contributed by atoms with E-state index in [-0.39, 0.29) is 5.91 Å². The first-order valence-corrected chi connectivity index (χ1v) is 7.13. The lowest BCUT2D eigenvalue weighted by atomic mass is 9.92. The highest BCUT2D eigenvalue weighted by molar-refractivity contribution is 9.11. The van der Waals surface area contributed by atoms with E-state index in [0.717, 1.165) is 21.5 Å². The first kappa shape index (κ1) is 12.1. The standard InChI is InChI=1S/C12H16BrNOS/c1-12(2)6-5-8(7-12)14-11(15)9-3-4-10(13)16-9/h3-4,8H,5-7H2,1-2H3,(H,14,15). The van der Waals surface area contributed by atoms with Crippen LogP contribution in [0, 0.1) is 5.41 Å². The van der Waals surface area contributed by atoms with E-state index in [4.69, 9.17) is 0 Å². The molecule has 4 heteroatoms. The number of hydrogen-bond donors (Lipinski definition) is 1. The SMILES string of the molecule is CC1(C)CCC(NC(=O)c2ccc(Br)s2)C1. The first-order chi connectivity index (χ1) is 7.46. The van der Waals surface area contributed by atoms with Crippen LogP contribution in [0.15, 0.2) is 15.9 Å². The summed E-state index contributed by atoms with van der Waals surface area (Å²) in [6, 6.07) is 4.13. The molecule has 1 aromatic heterocycles. The molecule has 2 rings (SSSR count). The Balaban J connectivity index is 1.94. The Bertz CT molecular complexity index is 399. The van der Waals surface area contributed by atoms with Gasteiger partial charge in [-0.2, -0.15) is 0 Å². The molecule has 1 saturated carbocycles. The third-order valence-electron chi connectivity index (χ3n) is 3.10. The molecule has 1 unspecified atom stereocenters. The Hall–Kier alpha value is -0.350. The fourth-order valence-corrected chi connectivity index (χ4v) is 3.54. The molecule has 88 valence electrons. The first-order valence-electron chi connectivity index (χ1n) is 5.52. The van der Waals surface area contributed by atoms with Crippen molar-refractivity contribution >= 4 is 33.2 Å². The van der Waals surface area contributed by atoms with Gasteiger partial charge in [0.2, 0.25) is 0 Å². The molecule has 16 heavy (non-hydrogen) atoms. The van der Waals surface area contributed by atoms with Gasteiger partial charge in [0.1, 0.15) is 0 Å². The van der Waals surface area contributed by atoms with Crippen molar-refractivity contribution in [3.8, 4) is 0 Å². The summed E-state index contributed by atoms with van der Waals surface area (Å²) in [5.74, 6) is 0.0680. The maximum Gasteiger partial charge on any atom is 0.261 e. The fraction of sp³-hybridized carbons (Fsp3) is 0.583. The molecule has 1 aliphatic carbocycles. The van der Waals surface area contributed by atoms with Crippen molar-refractivity contribution in [2.45, 2.75) is 39.2 Å². The van der Waals surface area contributed by atoms with Crippen molar-refractivity contribution in [1.82, 2.24) is 5.32 Å². The maximum atomic E-state index is 11.9. The van der Waals surface area contributed by atoms with E-state index in [9.17, 15) is 4.79 Å². The van der Waals surface area contributed by atoms with Crippen LogP contribution in [-0.4, -0.2) is 11.9 Å². The minimum absolute atomic E-state index is 0.0680. The zero-order valence-corrected chi connectivity index (χ0v) is 12.0. The van der Waals surface area contributed by atoms with Gasteiger partial charge in [-0.05, 0) is 52.7 Å². The Morgan fingerprint density at radius 1 is 1.56 bits per heavy atom. The van der Waals surface area contributed by atoms with E-state index in [0.29, 0.717) is 11.5 Å². The van der Waals surface area contributed by atoms with E-state index < -0.39 is 0 Å². The van der Waals surface area contributed by atoms with Gasteiger partial charge in [-0.1, -0.05) is 13.8 Å². The molecule has 0 aromatic carbocycles. The molecule has 2 nitrogen and oxygen atoms in total. The van der Waals surface area contributed by atoms with Crippen molar-refractivity contribution in [3.63, 3.8) is 0 Å². The molecule has 0 spiro atoms. The van der Waals surface area contributed by atoms with Crippen LogP contribution in [0.25, 0.3) is 0 Å². The van der Waals surface area contributed by atoms with Crippen LogP contribution < -0.4 is 5.32 Å². The molecule has 0 bridgehead atoms. The van der Waals surface area contributed by atoms with Gasteiger partial charge < -0.3 is 5.32 Å². The van der Waals surface area contributed by atoms with Crippen molar-refractivity contribution < 1.29 is 4.79 Å². The van der Waals surface area contributed by atoms with Crippen LogP contribution in [0.2, 0.25) is 0 Å². The molecule has 0 aliphatic heterocycles. The Morgan fingerprint density at radius 3 is 2.81 bits per heavy atom. The molecule has 1 aliphatic rings. The predicted octanol–water partition coefficient (Wildman–Crippen LogP) is 3.82. The van der Waals surface area contributed by atoms with E-state index in [1.165, 1.54) is 17.8 Å². The summed E-state index contributed by atoms with van der Waals surface area (Å²) in [4.78, 5) is 12.7. The molecule has 0 saturated heterocycles. The lowest BCUT2D eigenvalue weighted by Crippen LogP contribution is -2.32. The summed E-state index contributed by atoms with van der Waals surface area (Å²) in [5.41, 5.74) is 0.383. The molecule has 1 amide bonds. The van der Waals surface area contributed by atoms with Crippen molar-refractivity contribution in [1.29, 1.82) is 0 Å². The summed E-state index contributed by atoms with van der Waals surface area (Å²) >= 11 is 4.85. The third-order valence-corrected chi connectivity index (χ3v) is 4.72. The number of carbonyl (C=O) groups is 1. The number of halogens is 1. The van der Waals surface area contributed by atoms with E-state index in [1.807, 2.05) is 12.1 Å². The summed E-state index contributed by atoms with van der Waals surface area (Å²) in [7, 11) is 0. The predicted molar refractivity (Wildman–Crippen MR) is 70.9 cm³/mol. The van der Waals surface area contributed by atoms with Gasteiger partial charge >= 0.3 is 0 Å². The summed E-state index contributed by atoms with van der Waals surface area (Å²) in [6.45, 7) is 4.53. The van der Waals surface area contributed by atoms with Crippen LogP contribution in [0.1, 0.15) is 42.8 Å². The number of rotatable bonds is 2. The average Bonchev–Trinajstić information content (AvgIpc) is 2.73. The minimum Gasteiger partial charge on any atom is -0.349 e. The highest BCUT2D eigenvalue weighted by atomic mass is 79.9.